The summed E-state index contributed by atoms with van der Waals surface area (Å²) in [6.07, 6.45) is 3.72. The number of nitrogens with two attached hydrogens (primary N) is 1. The van der Waals surface area contributed by atoms with Crippen LogP contribution in [0.1, 0.15) is 25.3 Å². The first-order valence-electron chi connectivity index (χ1n) is 5.17. The number of hydrogen-bond donors (Lipinski definition) is 2. The molecule has 0 spiro atoms. The van der Waals surface area contributed by atoms with E-state index in [0.29, 0.717) is 18.5 Å². The molecule has 16 heavy (non-hydrogen) atoms. The number of nitrogens with zero attached hydrogens (tertiary/aromatic N) is 2. The third-order valence-corrected chi connectivity index (χ3v) is 2.94. The maximum Gasteiger partial charge on any atom is 0.188 e. The molecular formula is C10H19IN4S. The van der Waals surface area contributed by atoms with Crippen molar-refractivity contribution in [1.29, 1.82) is 0 Å². The smallest absolute Gasteiger partial charge is 0.188 e. The Bertz CT molecular complexity index is 300. The maximum atomic E-state index is 5.71. The normalized spacial score (nSPS) is 13.0. The molecule has 1 unspecified atom stereocenters. The Balaban J connectivity index is 0.00000225. The van der Waals surface area contributed by atoms with Gasteiger partial charge < -0.3 is 11.1 Å². The fourth-order valence-corrected chi connectivity index (χ4v) is 1.66. The first-order valence-corrected chi connectivity index (χ1v) is 6.05. The number of hydrogen-bond acceptors (Lipinski definition) is 3. The van der Waals surface area contributed by atoms with Crippen LogP contribution in [0.4, 0.5) is 0 Å². The Hall–Kier alpha value is -0.370. The van der Waals surface area contributed by atoms with Gasteiger partial charge in [0.25, 0.3) is 0 Å². The Morgan fingerprint density at radius 3 is 3.00 bits per heavy atom. The van der Waals surface area contributed by atoms with E-state index in [-0.39, 0.29) is 24.0 Å². The molecule has 1 aromatic rings. The molecular weight excluding hydrogens is 335 g/mol. The van der Waals surface area contributed by atoms with Gasteiger partial charge in [-0.25, -0.2) is 4.98 Å². The zero-order chi connectivity index (χ0) is 11.1. The highest BCUT2D eigenvalue weighted by Crippen LogP contribution is 2.04. The molecule has 0 saturated heterocycles. The van der Waals surface area contributed by atoms with Gasteiger partial charge in [0.05, 0.1) is 5.01 Å². The summed E-state index contributed by atoms with van der Waals surface area (Å²) in [7, 11) is 0. The number of halogens is 1. The molecule has 0 radical (unpaired) electrons. The van der Waals surface area contributed by atoms with E-state index in [2.05, 4.69) is 29.1 Å². The van der Waals surface area contributed by atoms with E-state index < -0.39 is 0 Å². The van der Waals surface area contributed by atoms with E-state index >= 15 is 0 Å². The fourth-order valence-electron chi connectivity index (χ4n) is 1.05. The van der Waals surface area contributed by atoms with Gasteiger partial charge in [-0.3, -0.25) is 4.99 Å². The van der Waals surface area contributed by atoms with E-state index in [1.54, 1.807) is 11.3 Å². The Labute approximate surface area is 118 Å². The van der Waals surface area contributed by atoms with Gasteiger partial charge in [-0.1, -0.05) is 6.92 Å². The molecule has 6 heteroatoms. The van der Waals surface area contributed by atoms with Crippen molar-refractivity contribution in [2.45, 2.75) is 32.7 Å². The van der Waals surface area contributed by atoms with Crippen LogP contribution < -0.4 is 11.1 Å². The fraction of sp³-hybridized carbons (Fsp3) is 0.600. The summed E-state index contributed by atoms with van der Waals surface area (Å²) < 4.78 is 0. The topological polar surface area (TPSA) is 63.3 Å². The van der Waals surface area contributed by atoms with Crippen molar-refractivity contribution in [3.8, 4) is 0 Å². The standard InChI is InChI=1S/C10H18N4S.HI/c1-3-8(2)14-10(11)13-5-4-9-12-6-7-15-9;/h6-8H,3-5H2,1-2H3,(H3,11,13,14);1H. The molecule has 0 aliphatic carbocycles. The van der Waals surface area contributed by atoms with Crippen LogP contribution in [0.25, 0.3) is 0 Å². The second kappa shape index (κ2) is 8.74. The summed E-state index contributed by atoms with van der Waals surface area (Å²) in [6, 6.07) is 0.383. The zero-order valence-electron chi connectivity index (χ0n) is 9.64. The molecule has 3 N–H and O–H groups in total. The van der Waals surface area contributed by atoms with Crippen LogP contribution in [0, 0.1) is 0 Å². The van der Waals surface area contributed by atoms with Crippen molar-refractivity contribution in [2.24, 2.45) is 10.7 Å². The van der Waals surface area contributed by atoms with Crippen LogP contribution in [-0.2, 0) is 6.42 Å². The van der Waals surface area contributed by atoms with Gasteiger partial charge in [0, 0.05) is 30.6 Å². The highest BCUT2D eigenvalue weighted by atomic mass is 127. The molecule has 92 valence electrons. The number of aliphatic imine (C=N–C) groups is 1. The van der Waals surface area contributed by atoms with Gasteiger partial charge in [0.1, 0.15) is 0 Å². The van der Waals surface area contributed by atoms with Gasteiger partial charge in [-0.15, -0.1) is 35.3 Å². The molecule has 0 aromatic carbocycles. The zero-order valence-corrected chi connectivity index (χ0v) is 12.8. The average Bonchev–Trinajstić information content (AvgIpc) is 2.70. The van der Waals surface area contributed by atoms with Crippen molar-refractivity contribution >= 4 is 41.3 Å². The number of rotatable bonds is 5. The summed E-state index contributed by atoms with van der Waals surface area (Å²) in [6.45, 7) is 4.90. The molecule has 1 rings (SSSR count). The SMILES string of the molecule is CCC(C)NC(N)=NCCc1nccs1.I. The molecule has 0 aliphatic rings. The lowest BCUT2D eigenvalue weighted by atomic mass is 10.3. The van der Waals surface area contributed by atoms with E-state index in [0.717, 1.165) is 17.8 Å². The number of thiazole rings is 1. The quantitative estimate of drug-likeness (QED) is 0.483. The van der Waals surface area contributed by atoms with E-state index in [4.69, 9.17) is 5.73 Å². The molecule has 0 bridgehead atoms. The second-order valence-corrected chi connectivity index (χ2v) is 4.38. The highest BCUT2D eigenvalue weighted by molar-refractivity contribution is 14.0. The maximum absolute atomic E-state index is 5.71. The summed E-state index contributed by atoms with van der Waals surface area (Å²) in [5.74, 6) is 0.529. The minimum absolute atomic E-state index is 0. The Kier molecular flexibility index (Phi) is 8.54. The van der Waals surface area contributed by atoms with Crippen LogP contribution >= 0.6 is 35.3 Å². The molecule has 4 nitrogen and oxygen atoms in total. The molecule has 1 aromatic heterocycles. The van der Waals surface area contributed by atoms with Crippen LogP contribution in [0.3, 0.4) is 0 Å². The van der Waals surface area contributed by atoms with Crippen LogP contribution in [0.5, 0.6) is 0 Å². The number of nitrogens with one attached hydrogen (secondary N) is 1. The van der Waals surface area contributed by atoms with Crippen LogP contribution in [0.2, 0.25) is 0 Å². The number of aromatic nitrogens is 1. The van der Waals surface area contributed by atoms with Gasteiger partial charge >= 0.3 is 0 Å². The lowest BCUT2D eigenvalue weighted by Crippen LogP contribution is -2.38. The molecule has 0 saturated carbocycles. The van der Waals surface area contributed by atoms with Gasteiger partial charge in [0.15, 0.2) is 5.96 Å². The summed E-state index contributed by atoms with van der Waals surface area (Å²) in [5.41, 5.74) is 5.71. The number of guanidine groups is 1. The van der Waals surface area contributed by atoms with Gasteiger partial charge in [-0.2, -0.15) is 0 Å². The van der Waals surface area contributed by atoms with Crippen molar-refractivity contribution in [3.05, 3.63) is 16.6 Å². The summed E-state index contributed by atoms with van der Waals surface area (Å²) in [4.78, 5) is 8.42. The van der Waals surface area contributed by atoms with E-state index in [9.17, 15) is 0 Å². The highest BCUT2D eigenvalue weighted by Gasteiger charge is 1.99. The molecule has 0 fully saturated rings. The lowest BCUT2D eigenvalue weighted by Gasteiger charge is -2.11. The van der Waals surface area contributed by atoms with Crippen LogP contribution in [-0.4, -0.2) is 23.5 Å². The third-order valence-electron chi connectivity index (χ3n) is 2.10. The third kappa shape index (κ3) is 6.26. The molecule has 0 aliphatic heterocycles. The largest absolute Gasteiger partial charge is 0.370 e. The Morgan fingerprint density at radius 2 is 2.44 bits per heavy atom. The van der Waals surface area contributed by atoms with Gasteiger partial charge in [-0.05, 0) is 13.3 Å². The van der Waals surface area contributed by atoms with Gasteiger partial charge in [0.2, 0.25) is 0 Å². The predicted octanol–water partition coefficient (Wildman–Crippen LogP) is 2.01. The first-order chi connectivity index (χ1) is 7.22. The minimum Gasteiger partial charge on any atom is -0.370 e. The molecule has 1 heterocycles. The van der Waals surface area contributed by atoms with Crippen molar-refractivity contribution < 1.29 is 0 Å². The summed E-state index contributed by atoms with van der Waals surface area (Å²) in [5, 5.41) is 6.20. The van der Waals surface area contributed by atoms with Crippen molar-refractivity contribution in [2.75, 3.05) is 6.54 Å². The van der Waals surface area contributed by atoms with Crippen LogP contribution in [0.15, 0.2) is 16.6 Å². The molecule has 1 atom stereocenters. The van der Waals surface area contributed by atoms with E-state index in [1.165, 1.54) is 0 Å². The second-order valence-electron chi connectivity index (χ2n) is 3.40. The van der Waals surface area contributed by atoms with Crippen molar-refractivity contribution in [3.63, 3.8) is 0 Å². The molecule has 0 amide bonds. The first kappa shape index (κ1) is 15.6. The Morgan fingerprint density at radius 1 is 1.69 bits per heavy atom. The van der Waals surface area contributed by atoms with Crippen molar-refractivity contribution in [1.82, 2.24) is 10.3 Å². The summed E-state index contributed by atoms with van der Waals surface area (Å²) >= 11 is 1.65. The lowest BCUT2D eigenvalue weighted by molar-refractivity contribution is 0.636. The van der Waals surface area contributed by atoms with E-state index in [1.807, 2.05) is 11.6 Å². The predicted molar refractivity (Wildman–Crippen MR) is 80.6 cm³/mol. The average molecular weight is 354 g/mol. The minimum atomic E-state index is 0. The monoisotopic (exact) mass is 354 g/mol.